The van der Waals surface area contributed by atoms with Crippen LogP contribution in [0.2, 0.25) is 0 Å². The van der Waals surface area contributed by atoms with E-state index >= 15 is 0 Å². The summed E-state index contributed by atoms with van der Waals surface area (Å²) in [5.41, 5.74) is 0.925. The Kier molecular flexibility index (Phi) is 4.14. The van der Waals surface area contributed by atoms with Gasteiger partial charge in [0.15, 0.2) is 5.69 Å². The molecule has 2 heterocycles. The third-order valence-corrected chi connectivity index (χ3v) is 5.98. The van der Waals surface area contributed by atoms with Crippen LogP contribution in [0.15, 0.2) is 6.07 Å². The minimum Gasteiger partial charge on any atom is -0.464 e. The van der Waals surface area contributed by atoms with Gasteiger partial charge in [-0.3, -0.25) is 4.68 Å². The molecular formula is C12H19N3O4S. The molecule has 1 aliphatic heterocycles. The Bertz CT molecular complexity index is 608. The number of nitrogens with zero attached hydrogens (tertiary/aromatic N) is 3. The van der Waals surface area contributed by atoms with Gasteiger partial charge in [0, 0.05) is 6.54 Å². The number of methoxy groups -OCH3 is 1. The molecule has 0 radical (unpaired) electrons. The Balaban J connectivity index is 2.23. The molecule has 1 unspecified atom stereocenters. The fraction of sp³-hybridized carbons (Fsp3) is 0.667. The van der Waals surface area contributed by atoms with Crippen molar-refractivity contribution in [2.24, 2.45) is 0 Å². The molecule has 0 aromatic carbocycles. The number of carbonyl (C=O) groups is 1. The Labute approximate surface area is 118 Å². The van der Waals surface area contributed by atoms with Gasteiger partial charge in [0.25, 0.3) is 0 Å². The average Bonchev–Trinajstić information content (AvgIpc) is 2.88. The fourth-order valence-electron chi connectivity index (χ4n) is 2.13. The lowest BCUT2D eigenvalue weighted by Gasteiger charge is -2.29. The van der Waals surface area contributed by atoms with E-state index < -0.39 is 21.2 Å². The van der Waals surface area contributed by atoms with Crippen LogP contribution in [0.5, 0.6) is 0 Å². The number of rotatable bonds is 4. The molecule has 0 N–H and O–H groups in total. The van der Waals surface area contributed by atoms with Crippen molar-refractivity contribution in [2.75, 3.05) is 13.7 Å². The summed E-state index contributed by atoms with van der Waals surface area (Å²) in [6.45, 7) is 4.63. The van der Waals surface area contributed by atoms with Gasteiger partial charge in [-0.05, 0) is 19.4 Å². The number of carbonyl (C=O) groups excluding carboxylic acids is 1. The summed E-state index contributed by atoms with van der Waals surface area (Å²) in [6, 6.07) is 1.59. The molecular weight excluding hydrogens is 282 g/mol. The Morgan fingerprint density at radius 3 is 2.80 bits per heavy atom. The first-order valence-electron chi connectivity index (χ1n) is 6.54. The van der Waals surface area contributed by atoms with Gasteiger partial charge in [0.2, 0.25) is 10.0 Å². The van der Waals surface area contributed by atoms with E-state index in [0.29, 0.717) is 25.2 Å². The molecule has 0 saturated heterocycles. The normalized spacial score (nSPS) is 17.6. The van der Waals surface area contributed by atoms with Crippen LogP contribution in [-0.4, -0.2) is 47.4 Å². The highest BCUT2D eigenvalue weighted by atomic mass is 32.2. The summed E-state index contributed by atoms with van der Waals surface area (Å²) in [6.07, 6.45) is 0.575. The molecule has 8 heteroatoms. The molecule has 112 valence electrons. The molecule has 1 aromatic rings. The number of fused-ring (bicyclic) bond motifs is 1. The topological polar surface area (TPSA) is 81.5 Å². The molecule has 20 heavy (non-hydrogen) atoms. The van der Waals surface area contributed by atoms with Gasteiger partial charge in [0.1, 0.15) is 0 Å². The van der Waals surface area contributed by atoms with Crippen molar-refractivity contribution < 1.29 is 17.9 Å². The maximum Gasteiger partial charge on any atom is 0.358 e. The van der Waals surface area contributed by atoms with Crippen LogP contribution in [0.3, 0.4) is 0 Å². The highest BCUT2D eigenvalue weighted by Crippen LogP contribution is 2.20. The van der Waals surface area contributed by atoms with E-state index in [-0.39, 0.29) is 12.2 Å². The lowest BCUT2D eigenvalue weighted by Crippen LogP contribution is -2.42. The van der Waals surface area contributed by atoms with Crippen molar-refractivity contribution in [1.29, 1.82) is 0 Å². The second kappa shape index (κ2) is 5.53. The zero-order chi connectivity index (χ0) is 14.9. The zero-order valence-corrected chi connectivity index (χ0v) is 12.7. The second-order valence-corrected chi connectivity index (χ2v) is 7.18. The maximum atomic E-state index is 12.3. The first-order valence-corrected chi connectivity index (χ1v) is 8.04. The van der Waals surface area contributed by atoms with E-state index in [1.54, 1.807) is 17.7 Å². The molecule has 0 spiro atoms. The van der Waals surface area contributed by atoms with Crippen molar-refractivity contribution >= 4 is 16.0 Å². The van der Waals surface area contributed by atoms with Crippen molar-refractivity contribution in [3.8, 4) is 0 Å². The summed E-state index contributed by atoms with van der Waals surface area (Å²) >= 11 is 0. The molecule has 1 atom stereocenters. The lowest BCUT2D eigenvalue weighted by molar-refractivity contribution is 0.0593. The minimum absolute atomic E-state index is 0.213. The maximum absolute atomic E-state index is 12.3. The van der Waals surface area contributed by atoms with E-state index in [2.05, 4.69) is 9.84 Å². The van der Waals surface area contributed by atoms with E-state index in [1.807, 2.05) is 6.92 Å². The van der Waals surface area contributed by atoms with Crippen molar-refractivity contribution in [3.05, 3.63) is 17.5 Å². The largest absolute Gasteiger partial charge is 0.464 e. The predicted octanol–water partition coefficient (Wildman–Crippen LogP) is 0.614. The molecule has 0 fully saturated rings. The summed E-state index contributed by atoms with van der Waals surface area (Å²) in [7, 11) is -2.00. The first kappa shape index (κ1) is 15.0. The summed E-state index contributed by atoms with van der Waals surface area (Å²) < 4.78 is 32.4. The van der Waals surface area contributed by atoms with Crippen LogP contribution in [0.1, 0.15) is 36.5 Å². The van der Waals surface area contributed by atoms with Crippen molar-refractivity contribution in [3.63, 3.8) is 0 Å². The monoisotopic (exact) mass is 301 g/mol. The summed E-state index contributed by atoms with van der Waals surface area (Å²) in [5, 5.41) is 3.72. The van der Waals surface area contributed by atoms with E-state index in [0.717, 1.165) is 0 Å². The fourth-order valence-corrected chi connectivity index (χ4v) is 3.71. The molecule has 1 aliphatic rings. The number of aromatic nitrogens is 2. The van der Waals surface area contributed by atoms with E-state index in [9.17, 15) is 13.2 Å². The van der Waals surface area contributed by atoms with Gasteiger partial charge < -0.3 is 4.74 Å². The highest BCUT2D eigenvalue weighted by molar-refractivity contribution is 7.89. The number of sulfonamides is 1. The summed E-state index contributed by atoms with van der Waals surface area (Å²) in [5.74, 6) is -0.511. The second-order valence-electron chi connectivity index (χ2n) is 4.83. The molecule has 7 nitrogen and oxygen atoms in total. The lowest BCUT2D eigenvalue weighted by atomic mass is 10.3. The molecule has 2 rings (SSSR count). The first-order chi connectivity index (χ1) is 9.40. The van der Waals surface area contributed by atoms with Crippen LogP contribution in [0.4, 0.5) is 0 Å². The molecule has 1 aromatic heterocycles. The third kappa shape index (κ3) is 2.57. The highest BCUT2D eigenvalue weighted by Gasteiger charge is 2.31. The van der Waals surface area contributed by atoms with Crippen LogP contribution >= 0.6 is 0 Å². The quantitative estimate of drug-likeness (QED) is 0.761. The Morgan fingerprint density at radius 1 is 1.50 bits per heavy atom. The van der Waals surface area contributed by atoms with Gasteiger partial charge in [-0.15, -0.1) is 0 Å². The van der Waals surface area contributed by atoms with Crippen LogP contribution < -0.4 is 0 Å². The minimum atomic E-state index is -3.30. The number of esters is 1. The van der Waals surface area contributed by atoms with Gasteiger partial charge in [-0.1, -0.05) is 6.92 Å². The van der Waals surface area contributed by atoms with Gasteiger partial charge >= 0.3 is 5.97 Å². The number of hydrogen-bond acceptors (Lipinski definition) is 5. The van der Waals surface area contributed by atoms with Gasteiger partial charge in [-0.2, -0.15) is 9.40 Å². The molecule has 0 bridgehead atoms. The Morgan fingerprint density at radius 2 is 2.20 bits per heavy atom. The van der Waals surface area contributed by atoms with Crippen LogP contribution in [0, 0.1) is 0 Å². The van der Waals surface area contributed by atoms with Crippen molar-refractivity contribution in [1.82, 2.24) is 14.1 Å². The van der Waals surface area contributed by atoms with Crippen molar-refractivity contribution in [2.45, 2.75) is 38.6 Å². The zero-order valence-electron chi connectivity index (χ0n) is 11.9. The molecule has 0 amide bonds. The van der Waals surface area contributed by atoms with E-state index in [4.69, 9.17) is 0 Å². The summed E-state index contributed by atoms with van der Waals surface area (Å²) in [4.78, 5) is 11.4. The smallest absolute Gasteiger partial charge is 0.358 e. The number of hydrogen-bond donors (Lipinski definition) is 0. The van der Waals surface area contributed by atoms with E-state index in [1.165, 1.54) is 11.4 Å². The average molecular weight is 301 g/mol. The number of ether oxygens (including phenoxy) is 1. The SMILES string of the molecule is CCC(C)S(=O)(=O)N1CCn2nc(C(=O)OC)cc2C1. The Hall–Kier alpha value is -1.41. The van der Waals surface area contributed by atoms with Gasteiger partial charge in [0.05, 0.1) is 31.1 Å². The van der Waals surface area contributed by atoms with Crippen LogP contribution in [-0.2, 0) is 27.8 Å². The predicted molar refractivity (Wildman–Crippen MR) is 72.6 cm³/mol. The molecule has 0 saturated carbocycles. The third-order valence-electron chi connectivity index (χ3n) is 3.60. The molecule has 0 aliphatic carbocycles. The standard InChI is InChI=1S/C12H19N3O4S/c1-4-9(2)20(17,18)14-5-6-15-10(8-14)7-11(13-15)12(16)19-3/h7,9H,4-6,8H2,1-3H3. The van der Waals surface area contributed by atoms with Gasteiger partial charge in [-0.25, -0.2) is 13.2 Å². The van der Waals surface area contributed by atoms with Crippen LogP contribution in [0.25, 0.3) is 0 Å².